The summed E-state index contributed by atoms with van der Waals surface area (Å²) in [5.74, 6) is -2.03. The molecular formula is C24H31FO5. The lowest BCUT2D eigenvalue weighted by atomic mass is 9.45. The van der Waals surface area contributed by atoms with E-state index in [0.717, 1.165) is 5.57 Å². The highest BCUT2D eigenvalue weighted by Crippen LogP contribution is 2.73. The van der Waals surface area contributed by atoms with Crippen molar-refractivity contribution >= 4 is 11.8 Å². The molecule has 0 bridgehead atoms. The van der Waals surface area contributed by atoms with Gasteiger partial charge < -0.3 is 14.9 Å². The summed E-state index contributed by atoms with van der Waals surface area (Å²) in [6.07, 6.45) is 5.54. The number of rotatable bonds is 1. The molecule has 0 radical (unpaired) electrons. The highest BCUT2D eigenvalue weighted by Gasteiger charge is 2.79. The third-order valence-corrected chi connectivity index (χ3v) is 9.49. The van der Waals surface area contributed by atoms with E-state index < -0.39 is 45.7 Å². The van der Waals surface area contributed by atoms with Crippen molar-refractivity contribution in [3.8, 4) is 0 Å². The molecule has 1 saturated heterocycles. The van der Waals surface area contributed by atoms with Gasteiger partial charge in [0.05, 0.1) is 11.7 Å². The lowest BCUT2D eigenvalue weighted by molar-refractivity contribution is -0.240. The van der Waals surface area contributed by atoms with E-state index in [2.05, 4.69) is 0 Å². The summed E-state index contributed by atoms with van der Waals surface area (Å²) in [7, 11) is 0. The van der Waals surface area contributed by atoms with Gasteiger partial charge in [0.2, 0.25) is 0 Å². The number of ketones is 1. The second kappa shape index (κ2) is 5.63. The largest absolute Gasteiger partial charge is 0.479 e. The lowest BCUT2D eigenvalue weighted by Gasteiger charge is -2.62. The van der Waals surface area contributed by atoms with Gasteiger partial charge in [-0.3, -0.25) is 4.79 Å². The van der Waals surface area contributed by atoms with Crippen LogP contribution < -0.4 is 0 Å². The third kappa shape index (κ3) is 2.05. The van der Waals surface area contributed by atoms with Crippen molar-refractivity contribution in [3.63, 3.8) is 0 Å². The van der Waals surface area contributed by atoms with E-state index in [4.69, 9.17) is 4.74 Å². The number of aliphatic hydroxyl groups is 1. The number of aliphatic carboxylic acids is 1. The predicted octanol–water partition coefficient (Wildman–Crippen LogP) is 3.61. The fourth-order valence-electron chi connectivity index (χ4n) is 8.32. The van der Waals surface area contributed by atoms with Crippen LogP contribution in [0.15, 0.2) is 23.8 Å². The van der Waals surface area contributed by atoms with Gasteiger partial charge in [0.1, 0.15) is 0 Å². The quantitative estimate of drug-likeness (QED) is 0.680. The molecule has 3 saturated carbocycles. The van der Waals surface area contributed by atoms with Crippen LogP contribution in [0.5, 0.6) is 0 Å². The van der Waals surface area contributed by atoms with E-state index in [9.17, 15) is 19.8 Å². The zero-order valence-corrected chi connectivity index (χ0v) is 18.1. The zero-order valence-electron chi connectivity index (χ0n) is 18.1. The standard InChI is InChI=1S/C24H31FO5/c1-20(2)11-14-10-17-16-6-5-13-9-15(26)7-8-21(13,3)23(16,25)18(27)12-22(17,4)24(14,30-20)19(28)29/h7-9,14,16-18,27H,5-6,10-12H2,1-4H3,(H,28,29)/t14-,16-,17?,18-,21-,22-,23-,24-/m0/s1. The molecule has 30 heavy (non-hydrogen) atoms. The Morgan fingerprint density at radius 1 is 1.20 bits per heavy atom. The molecule has 0 aromatic carbocycles. The van der Waals surface area contributed by atoms with Crippen LogP contribution in [0.2, 0.25) is 0 Å². The van der Waals surface area contributed by atoms with Gasteiger partial charge in [-0.05, 0) is 70.9 Å². The Balaban J connectivity index is 1.64. The Labute approximate surface area is 176 Å². The van der Waals surface area contributed by atoms with Crippen molar-refractivity contribution < 1.29 is 28.9 Å². The summed E-state index contributed by atoms with van der Waals surface area (Å²) >= 11 is 0. The number of fused-ring (bicyclic) bond motifs is 7. The average Bonchev–Trinajstić information content (AvgIpc) is 3.04. The van der Waals surface area contributed by atoms with Gasteiger partial charge in [-0.1, -0.05) is 18.6 Å². The van der Waals surface area contributed by atoms with E-state index in [-0.39, 0.29) is 24.0 Å². The second-order valence-corrected chi connectivity index (χ2v) is 11.3. The van der Waals surface area contributed by atoms with E-state index in [0.29, 0.717) is 25.7 Å². The monoisotopic (exact) mass is 418 g/mol. The molecule has 5 rings (SSSR count). The number of allylic oxidation sites excluding steroid dienone is 4. The third-order valence-electron chi connectivity index (χ3n) is 9.49. The van der Waals surface area contributed by atoms with Crippen LogP contribution in [0.3, 0.4) is 0 Å². The molecule has 164 valence electrons. The van der Waals surface area contributed by atoms with Gasteiger partial charge >= 0.3 is 5.97 Å². The predicted molar refractivity (Wildman–Crippen MR) is 107 cm³/mol. The summed E-state index contributed by atoms with van der Waals surface area (Å²) in [4.78, 5) is 24.6. The second-order valence-electron chi connectivity index (χ2n) is 11.3. The van der Waals surface area contributed by atoms with E-state index in [1.54, 1.807) is 13.0 Å². The normalized spacial score (nSPS) is 53.4. The first kappa shape index (κ1) is 20.4. The molecule has 6 heteroatoms. The van der Waals surface area contributed by atoms with Crippen LogP contribution in [0, 0.1) is 28.6 Å². The molecule has 0 amide bonds. The molecule has 5 nitrogen and oxygen atoms in total. The van der Waals surface area contributed by atoms with Crippen LogP contribution in [-0.2, 0) is 14.3 Å². The Morgan fingerprint density at radius 3 is 2.57 bits per heavy atom. The van der Waals surface area contributed by atoms with Gasteiger partial charge in [0.25, 0.3) is 0 Å². The first-order chi connectivity index (χ1) is 13.8. The Bertz CT molecular complexity index is 907. The molecule has 1 aliphatic heterocycles. The minimum atomic E-state index is -1.94. The van der Waals surface area contributed by atoms with Gasteiger partial charge in [-0.2, -0.15) is 0 Å². The number of carbonyl (C=O) groups excluding carboxylic acids is 1. The number of carboxylic acids is 1. The van der Waals surface area contributed by atoms with Gasteiger partial charge in [0, 0.05) is 22.7 Å². The number of halogens is 1. The van der Waals surface area contributed by atoms with Gasteiger partial charge in [0.15, 0.2) is 17.1 Å². The lowest BCUT2D eigenvalue weighted by Crippen LogP contribution is -2.69. The van der Waals surface area contributed by atoms with Crippen molar-refractivity contribution in [1.29, 1.82) is 0 Å². The molecule has 1 heterocycles. The van der Waals surface area contributed by atoms with Gasteiger partial charge in [-0.15, -0.1) is 0 Å². The van der Waals surface area contributed by atoms with Crippen molar-refractivity contribution in [2.45, 2.75) is 82.8 Å². The van der Waals surface area contributed by atoms with Gasteiger partial charge in [-0.25, -0.2) is 9.18 Å². The fourth-order valence-corrected chi connectivity index (χ4v) is 8.32. The topological polar surface area (TPSA) is 83.8 Å². The number of hydrogen-bond acceptors (Lipinski definition) is 4. The van der Waals surface area contributed by atoms with Crippen molar-refractivity contribution in [3.05, 3.63) is 23.8 Å². The number of hydrogen-bond donors (Lipinski definition) is 2. The number of aliphatic hydroxyl groups excluding tert-OH is 1. The van der Waals surface area contributed by atoms with E-state index in [1.807, 2.05) is 20.8 Å². The molecule has 0 spiro atoms. The molecule has 5 aliphatic rings. The number of carbonyl (C=O) groups is 2. The van der Waals surface area contributed by atoms with Crippen molar-refractivity contribution in [2.24, 2.45) is 28.6 Å². The summed E-state index contributed by atoms with van der Waals surface area (Å²) < 4.78 is 23.4. The smallest absolute Gasteiger partial charge is 0.336 e. The summed E-state index contributed by atoms with van der Waals surface area (Å²) in [6.45, 7) is 7.50. The molecule has 4 aliphatic carbocycles. The number of ether oxygens (including phenoxy) is 1. The maximum absolute atomic E-state index is 17.1. The van der Waals surface area contributed by atoms with Crippen LogP contribution in [0.25, 0.3) is 0 Å². The van der Waals surface area contributed by atoms with Crippen LogP contribution in [-0.4, -0.2) is 44.9 Å². The number of carboxylic acid groups (broad SMARTS) is 1. The first-order valence-corrected chi connectivity index (χ1v) is 11.1. The molecule has 1 unspecified atom stereocenters. The van der Waals surface area contributed by atoms with E-state index >= 15 is 4.39 Å². The summed E-state index contributed by atoms with van der Waals surface area (Å²) in [6, 6.07) is 0. The zero-order chi connectivity index (χ0) is 21.9. The highest BCUT2D eigenvalue weighted by molar-refractivity contribution is 6.01. The molecule has 0 aromatic rings. The minimum absolute atomic E-state index is 0.0359. The maximum Gasteiger partial charge on any atom is 0.336 e. The molecule has 2 N–H and O–H groups in total. The maximum atomic E-state index is 17.1. The first-order valence-electron chi connectivity index (χ1n) is 11.1. The van der Waals surface area contributed by atoms with E-state index in [1.165, 1.54) is 12.2 Å². The summed E-state index contributed by atoms with van der Waals surface area (Å²) in [5.41, 5.74) is -5.08. The van der Waals surface area contributed by atoms with Crippen LogP contribution in [0.4, 0.5) is 4.39 Å². The SMILES string of the molecule is CC1(C)C[C@@H]2CC3[C@@H]4CCC5=CC(=O)C=C[C@]5(C)[C@@]4(F)[C@@H](O)C[C@]3(C)[C@]2(C(=O)O)O1. The highest BCUT2D eigenvalue weighted by atomic mass is 19.1. The van der Waals surface area contributed by atoms with Crippen LogP contribution in [0.1, 0.15) is 59.8 Å². The van der Waals surface area contributed by atoms with Crippen molar-refractivity contribution in [1.82, 2.24) is 0 Å². The molecular weight excluding hydrogens is 387 g/mol. The van der Waals surface area contributed by atoms with Crippen molar-refractivity contribution in [2.75, 3.05) is 0 Å². The fraction of sp³-hybridized carbons (Fsp3) is 0.750. The average molecular weight is 419 g/mol. The Hall–Kier alpha value is -1.53. The number of alkyl halides is 1. The Morgan fingerprint density at radius 2 is 1.90 bits per heavy atom. The molecule has 0 aromatic heterocycles. The minimum Gasteiger partial charge on any atom is -0.479 e. The Kier molecular flexibility index (Phi) is 3.82. The summed E-state index contributed by atoms with van der Waals surface area (Å²) in [5, 5.41) is 21.7. The molecule has 8 atom stereocenters. The molecule has 4 fully saturated rings. The van der Waals surface area contributed by atoms with Crippen LogP contribution >= 0.6 is 0 Å².